The number of hydrogen-bond donors (Lipinski definition) is 1. The molecule has 1 unspecified atom stereocenters. The highest BCUT2D eigenvalue weighted by atomic mass is 35.5. The first-order chi connectivity index (χ1) is 9.54. The number of urea groups is 1. The summed E-state index contributed by atoms with van der Waals surface area (Å²) >= 11 is 11.7. The molecule has 0 bridgehead atoms. The molecule has 1 heterocycles. The largest absolute Gasteiger partial charge is 0.406 e. The zero-order chi connectivity index (χ0) is 16.0. The van der Waals surface area contributed by atoms with Gasteiger partial charge >= 0.3 is 12.2 Å². The van der Waals surface area contributed by atoms with Crippen molar-refractivity contribution in [2.75, 3.05) is 6.54 Å². The summed E-state index contributed by atoms with van der Waals surface area (Å²) in [4.78, 5) is 24.0. The first-order valence-electron chi connectivity index (χ1n) is 5.71. The molecule has 0 radical (unpaired) electrons. The van der Waals surface area contributed by atoms with Crippen LogP contribution in [0.2, 0.25) is 10.0 Å². The van der Waals surface area contributed by atoms with Crippen molar-refractivity contribution in [3.63, 3.8) is 0 Å². The summed E-state index contributed by atoms with van der Waals surface area (Å²) in [6.45, 7) is -0.364. The lowest BCUT2D eigenvalue weighted by atomic mass is 9.92. The Morgan fingerprint density at radius 2 is 1.90 bits per heavy atom. The lowest BCUT2D eigenvalue weighted by Crippen LogP contribution is -2.42. The van der Waals surface area contributed by atoms with Crippen LogP contribution in [0.25, 0.3) is 0 Å². The number of nitrogens with zero attached hydrogens (tertiary/aromatic N) is 1. The van der Waals surface area contributed by atoms with E-state index in [0.29, 0.717) is 5.02 Å². The predicted molar refractivity (Wildman–Crippen MR) is 70.1 cm³/mol. The molecule has 2 rings (SSSR count). The van der Waals surface area contributed by atoms with Crippen LogP contribution in [0.3, 0.4) is 0 Å². The number of hydrogen-bond acceptors (Lipinski definition) is 2. The number of alkyl halides is 3. The van der Waals surface area contributed by atoms with E-state index in [0.717, 1.165) is 0 Å². The van der Waals surface area contributed by atoms with Gasteiger partial charge in [0.15, 0.2) is 0 Å². The van der Waals surface area contributed by atoms with Crippen molar-refractivity contribution in [3.8, 4) is 0 Å². The highest BCUT2D eigenvalue weighted by Crippen LogP contribution is 2.35. The van der Waals surface area contributed by atoms with E-state index >= 15 is 0 Å². The van der Waals surface area contributed by atoms with Gasteiger partial charge in [0.2, 0.25) is 0 Å². The minimum atomic E-state index is -4.68. The molecule has 1 aromatic rings. The Bertz CT molecular complexity index is 621. The second kappa shape index (κ2) is 5.06. The second-order valence-electron chi connectivity index (χ2n) is 4.69. The summed E-state index contributed by atoms with van der Waals surface area (Å²) in [5, 5.41) is 2.62. The second-order valence-corrected chi connectivity index (χ2v) is 5.53. The molecule has 0 aromatic heterocycles. The summed E-state index contributed by atoms with van der Waals surface area (Å²) in [6.07, 6.45) is -4.68. The monoisotopic (exact) mass is 340 g/mol. The topological polar surface area (TPSA) is 49.4 Å². The lowest BCUT2D eigenvalue weighted by Gasteiger charge is -2.23. The summed E-state index contributed by atoms with van der Waals surface area (Å²) in [5.41, 5.74) is -1.49. The van der Waals surface area contributed by atoms with Crippen LogP contribution in [0.15, 0.2) is 18.2 Å². The molecule has 1 fully saturated rings. The molecule has 0 aliphatic carbocycles. The van der Waals surface area contributed by atoms with Gasteiger partial charge < -0.3 is 5.32 Å². The quantitative estimate of drug-likeness (QED) is 0.839. The molecule has 1 N–H and O–H groups in total. The van der Waals surface area contributed by atoms with Gasteiger partial charge in [0.25, 0.3) is 5.91 Å². The van der Waals surface area contributed by atoms with Gasteiger partial charge in [-0.25, -0.2) is 4.79 Å². The minimum absolute atomic E-state index is 0.0764. The van der Waals surface area contributed by atoms with Gasteiger partial charge in [-0.2, -0.15) is 13.2 Å². The van der Waals surface area contributed by atoms with Crippen molar-refractivity contribution in [1.29, 1.82) is 0 Å². The molecule has 1 saturated heterocycles. The summed E-state index contributed by atoms with van der Waals surface area (Å²) in [6, 6.07) is 3.04. The average molecular weight is 341 g/mol. The standard InChI is InChI=1S/C12H9Cl2F3N2O2/c1-11(7-3-2-6(13)4-8(7)14)9(20)19(10(21)18-11)5-12(15,16)17/h2-4H,5H2,1H3,(H,18,21). The first kappa shape index (κ1) is 15.9. The minimum Gasteiger partial charge on any atom is -0.319 e. The fourth-order valence-electron chi connectivity index (χ4n) is 2.10. The van der Waals surface area contributed by atoms with E-state index in [2.05, 4.69) is 5.32 Å². The maximum absolute atomic E-state index is 12.4. The molecule has 1 aromatic carbocycles. The third-order valence-electron chi connectivity index (χ3n) is 3.08. The Morgan fingerprint density at radius 3 is 2.43 bits per heavy atom. The van der Waals surface area contributed by atoms with Gasteiger partial charge in [0.1, 0.15) is 12.1 Å². The van der Waals surface area contributed by atoms with Gasteiger partial charge in [-0.1, -0.05) is 29.3 Å². The Labute approximate surface area is 127 Å². The zero-order valence-corrected chi connectivity index (χ0v) is 12.1. The van der Waals surface area contributed by atoms with E-state index in [1.54, 1.807) is 0 Å². The van der Waals surface area contributed by atoms with Crippen molar-refractivity contribution in [1.82, 2.24) is 10.2 Å². The number of carbonyl (C=O) groups is 2. The Hall–Kier alpha value is -1.47. The molecule has 3 amide bonds. The van der Waals surface area contributed by atoms with Crippen LogP contribution in [0.4, 0.5) is 18.0 Å². The first-order valence-corrected chi connectivity index (χ1v) is 6.46. The molecule has 0 saturated carbocycles. The Morgan fingerprint density at radius 1 is 1.29 bits per heavy atom. The predicted octanol–water partition coefficient (Wildman–Crippen LogP) is 3.32. The molecule has 1 atom stereocenters. The SMILES string of the molecule is CC1(c2ccc(Cl)cc2Cl)NC(=O)N(CC(F)(F)F)C1=O. The molecule has 9 heteroatoms. The van der Waals surface area contributed by atoms with E-state index in [1.165, 1.54) is 25.1 Å². The van der Waals surface area contributed by atoms with Crippen LogP contribution >= 0.6 is 23.2 Å². The van der Waals surface area contributed by atoms with Crippen molar-refractivity contribution < 1.29 is 22.8 Å². The van der Waals surface area contributed by atoms with Gasteiger partial charge in [-0.05, 0) is 19.1 Å². The maximum atomic E-state index is 12.4. The molecule has 0 spiro atoms. The molecule has 4 nitrogen and oxygen atoms in total. The maximum Gasteiger partial charge on any atom is 0.406 e. The molecule has 21 heavy (non-hydrogen) atoms. The van der Waals surface area contributed by atoms with Crippen molar-refractivity contribution in [3.05, 3.63) is 33.8 Å². The zero-order valence-electron chi connectivity index (χ0n) is 10.6. The van der Waals surface area contributed by atoms with E-state index in [-0.39, 0.29) is 15.5 Å². The average Bonchev–Trinajstić information content (AvgIpc) is 2.52. The number of imide groups is 1. The van der Waals surface area contributed by atoms with Crippen molar-refractivity contribution >= 4 is 35.1 Å². The van der Waals surface area contributed by atoms with Crippen molar-refractivity contribution in [2.45, 2.75) is 18.6 Å². The fraction of sp³-hybridized carbons (Fsp3) is 0.333. The van der Waals surface area contributed by atoms with Crippen LogP contribution in [-0.2, 0) is 10.3 Å². The summed E-state index contributed by atoms with van der Waals surface area (Å²) < 4.78 is 37.3. The third kappa shape index (κ3) is 2.94. The highest BCUT2D eigenvalue weighted by Gasteiger charge is 2.52. The third-order valence-corrected chi connectivity index (χ3v) is 3.63. The van der Waals surface area contributed by atoms with Gasteiger partial charge in [-0.15, -0.1) is 0 Å². The fourth-order valence-corrected chi connectivity index (χ4v) is 2.69. The van der Waals surface area contributed by atoms with Gasteiger partial charge in [0.05, 0.1) is 0 Å². The van der Waals surface area contributed by atoms with Gasteiger partial charge in [-0.3, -0.25) is 9.69 Å². The number of amides is 3. The summed E-state index contributed by atoms with van der Waals surface area (Å²) in [5.74, 6) is -1.02. The smallest absolute Gasteiger partial charge is 0.319 e. The number of nitrogens with one attached hydrogen (secondary N) is 1. The van der Waals surface area contributed by atoms with Gasteiger partial charge in [0, 0.05) is 15.6 Å². The van der Waals surface area contributed by atoms with E-state index in [4.69, 9.17) is 23.2 Å². The molecular formula is C12H9Cl2F3N2O2. The van der Waals surface area contributed by atoms with E-state index in [1.807, 2.05) is 0 Å². The number of rotatable bonds is 2. The molecular weight excluding hydrogens is 332 g/mol. The number of benzene rings is 1. The molecule has 1 aliphatic heterocycles. The Kier molecular flexibility index (Phi) is 3.84. The Balaban J connectivity index is 2.40. The molecule has 114 valence electrons. The summed E-state index contributed by atoms with van der Waals surface area (Å²) in [7, 11) is 0. The van der Waals surface area contributed by atoms with Crippen molar-refractivity contribution in [2.24, 2.45) is 0 Å². The van der Waals surface area contributed by atoms with Crippen LogP contribution < -0.4 is 5.32 Å². The van der Waals surface area contributed by atoms with Crippen LogP contribution in [0.5, 0.6) is 0 Å². The van der Waals surface area contributed by atoms with E-state index in [9.17, 15) is 22.8 Å². The lowest BCUT2D eigenvalue weighted by molar-refractivity contribution is -0.154. The van der Waals surface area contributed by atoms with Crippen LogP contribution in [0.1, 0.15) is 12.5 Å². The van der Waals surface area contributed by atoms with Crippen LogP contribution in [0, 0.1) is 0 Å². The number of carbonyl (C=O) groups excluding carboxylic acids is 2. The van der Waals surface area contributed by atoms with E-state index < -0.39 is 30.2 Å². The number of halogens is 5. The van der Waals surface area contributed by atoms with Crippen LogP contribution in [-0.4, -0.2) is 29.6 Å². The highest BCUT2D eigenvalue weighted by molar-refractivity contribution is 6.35. The molecule has 1 aliphatic rings. The normalized spacial score (nSPS) is 22.7.